The SMILES string of the molecule is O=C1c2ccccc2OC(c2cc[c-]cc2)C1S.[K+]. The first-order chi connectivity index (χ1) is 8.77. The van der Waals surface area contributed by atoms with Gasteiger partial charge in [-0.1, -0.05) is 12.1 Å². The van der Waals surface area contributed by atoms with Crippen LogP contribution in [-0.4, -0.2) is 11.0 Å². The van der Waals surface area contributed by atoms with E-state index in [0.717, 1.165) is 5.56 Å². The fourth-order valence-electron chi connectivity index (χ4n) is 2.11. The summed E-state index contributed by atoms with van der Waals surface area (Å²) in [4.78, 5) is 12.2. The van der Waals surface area contributed by atoms with Crippen LogP contribution in [0.25, 0.3) is 0 Å². The number of hydrogen-bond acceptors (Lipinski definition) is 3. The molecule has 0 bridgehead atoms. The summed E-state index contributed by atoms with van der Waals surface area (Å²) in [5.41, 5.74) is 1.55. The van der Waals surface area contributed by atoms with Crippen molar-refractivity contribution in [1.82, 2.24) is 0 Å². The molecule has 2 aromatic rings. The van der Waals surface area contributed by atoms with E-state index in [4.69, 9.17) is 4.74 Å². The molecule has 0 aliphatic carbocycles. The summed E-state index contributed by atoms with van der Waals surface area (Å²) < 4.78 is 5.89. The zero-order chi connectivity index (χ0) is 12.5. The average Bonchev–Trinajstić information content (AvgIpc) is 2.44. The standard InChI is InChI=1S/C15H11O2S.K/c16-13-11-8-4-5-9-12(11)17-14(15(13)18)10-6-2-1-3-7-10;/h2-9,14-15,18H;/q-1;+1. The van der Waals surface area contributed by atoms with Gasteiger partial charge in [0.25, 0.3) is 0 Å². The number of rotatable bonds is 1. The zero-order valence-corrected chi connectivity index (χ0v) is 14.6. The second-order valence-electron chi connectivity index (χ2n) is 4.18. The molecule has 2 atom stereocenters. The quantitative estimate of drug-likeness (QED) is 0.459. The zero-order valence-electron chi connectivity index (χ0n) is 10.5. The second-order valence-corrected chi connectivity index (χ2v) is 4.73. The van der Waals surface area contributed by atoms with Gasteiger partial charge in [0.15, 0.2) is 5.78 Å². The van der Waals surface area contributed by atoms with Gasteiger partial charge in [0.2, 0.25) is 0 Å². The van der Waals surface area contributed by atoms with Crippen molar-refractivity contribution in [2.24, 2.45) is 0 Å². The first-order valence-corrected chi connectivity index (χ1v) is 6.23. The molecule has 1 aliphatic rings. The van der Waals surface area contributed by atoms with Crippen molar-refractivity contribution in [3.63, 3.8) is 0 Å². The molecule has 90 valence electrons. The van der Waals surface area contributed by atoms with Crippen molar-refractivity contribution < 1.29 is 60.9 Å². The Morgan fingerprint density at radius 3 is 2.53 bits per heavy atom. The third-order valence-corrected chi connectivity index (χ3v) is 3.54. The van der Waals surface area contributed by atoms with Gasteiger partial charge in [0, 0.05) is 0 Å². The predicted octanol–water partition coefficient (Wildman–Crippen LogP) is 0.106. The number of benzene rings is 2. The maximum atomic E-state index is 12.2. The summed E-state index contributed by atoms with van der Waals surface area (Å²) in [5.74, 6) is 0.642. The molecule has 0 saturated heterocycles. The molecule has 0 amide bonds. The fourth-order valence-corrected chi connectivity index (χ4v) is 2.48. The number of ether oxygens (including phenoxy) is 1. The van der Waals surface area contributed by atoms with Crippen LogP contribution >= 0.6 is 12.6 Å². The van der Waals surface area contributed by atoms with Crippen LogP contribution in [0, 0.1) is 6.07 Å². The molecule has 1 heterocycles. The number of para-hydroxylation sites is 1. The van der Waals surface area contributed by atoms with Crippen molar-refractivity contribution >= 4 is 18.4 Å². The van der Waals surface area contributed by atoms with Crippen LogP contribution in [0.1, 0.15) is 22.0 Å². The Hall–Kier alpha value is -0.104. The molecule has 19 heavy (non-hydrogen) atoms. The fraction of sp³-hybridized carbons (Fsp3) is 0.133. The van der Waals surface area contributed by atoms with E-state index in [9.17, 15) is 4.79 Å². The monoisotopic (exact) mass is 294 g/mol. The van der Waals surface area contributed by atoms with E-state index in [0.29, 0.717) is 11.3 Å². The van der Waals surface area contributed by atoms with Gasteiger partial charge in [0.05, 0.1) is 5.56 Å². The molecular weight excluding hydrogens is 283 g/mol. The number of hydrogen-bond donors (Lipinski definition) is 1. The van der Waals surface area contributed by atoms with E-state index < -0.39 is 5.25 Å². The first kappa shape index (κ1) is 15.3. The Labute approximate surface area is 160 Å². The molecule has 0 radical (unpaired) electrons. The van der Waals surface area contributed by atoms with Crippen molar-refractivity contribution in [2.45, 2.75) is 11.4 Å². The second kappa shape index (κ2) is 6.57. The minimum absolute atomic E-state index is 0. The molecule has 2 nitrogen and oxygen atoms in total. The molecule has 0 saturated carbocycles. The largest absolute Gasteiger partial charge is 1.00 e. The maximum Gasteiger partial charge on any atom is 1.00 e. The summed E-state index contributed by atoms with van der Waals surface area (Å²) >= 11 is 4.40. The Kier molecular flexibility index (Phi) is 5.28. The van der Waals surface area contributed by atoms with Crippen LogP contribution in [-0.2, 0) is 0 Å². The van der Waals surface area contributed by atoms with Crippen molar-refractivity contribution in [3.05, 3.63) is 65.7 Å². The summed E-state index contributed by atoms with van der Waals surface area (Å²) in [7, 11) is 0. The van der Waals surface area contributed by atoms with E-state index >= 15 is 0 Å². The van der Waals surface area contributed by atoms with E-state index in [-0.39, 0.29) is 63.3 Å². The van der Waals surface area contributed by atoms with Crippen LogP contribution in [0.15, 0.2) is 48.5 Å². The summed E-state index contributed by atoms with van der Waals surface area (Å²) in [5, 5.41) is -0.470. The summed E-state index contributed by atoms with van der Waals surface area (Å²) in [6.45, 7) is 0. The topological polar surface area (TPSA) is 26.3 Å². The minimum atomic E-state index is -0.470. The third-order valence-electron chi connectivity index (χ3n) is 3.03. The van der Waals surface area contributed by atoms with Gasteiger partial charge in [-0.2, -0.15) is 43.0 Å². The van der Waals surface area contributed by atoms with Crippen LogP contribution in [0.3, 0.4) is 0 Å². The molecule has 0 N–H and O–H groups in total. The van der Waals surface area contributed by atoms with Gasteiger partial charge in [-0.15, -0.1) is 5.56 Å². The third kappa shape index (κ3) is 2.99. The van der Waals surface area contributed by atoms with Gasteiger partial charge in [0.1, 0.15) is 17.1 Å². The van der Waals surface area contributed by atoms with Gasteiger partial charge in [-0.25, -0.2) is 0 Å². The molecule has 0 fully saturated rings. The van der Waals surface area contributed by atoms with Gasteiger partial charge < -0.3 is 4.74 Å². The molecule has 2 unspecified atom stereocenters. The Balaban J connectivity index is 0.00000133. The van der Waals surface area contributed by atoms with Gasteiger partial charge in [-0.3, -0.25) is 4.79 Å². The van der Waals surface area contributed by atoms with E-state index in [1.54, 1.807) is 6.07 Å². The summed E-state index contributed by atoms with van der Waals surface area (Å²) in [6, 6.07) is 17.6. The van der Waals surface area contributed by atoms with E-state index in [2.05, 4.69) is 18.7 Å². The number of fused-ring (bicyclic) bond motifs is 1. The normalized spacial score (nSPS) is 21.0. The maximum absolute atomic E-state index is 12.2. The number of ketones is 1. The Morgan fingerprint density at radius 2 is 1.79 bits per heavy atom. The Bertz CT molecular complexity index is 586. The number of thiol groups is 1. The molecule has 0 spiro atoms. The van der Waals surface area contributed by atoms with Crippen LogP contribution in [0.4, 0.5) is 0 Å². The average molecular weight is 294 g/mol. The number of carbonyl (C=O) groups is 1. The van der Waals surface area contributed by atoms with E-state index in [1.807, 2.05) is 42.5 Å². The van der Waals surface area contributed by atoms with Crippen LogP contribution in [0.2, 0.25) is 0 Å². The molecule has 1 aliphatic heterocycles. The van der Waals surface area contributed by atoms with Crippen molar-refractivity contribution in [3.8, 4) is 5.75 Å². The molecule has 4 heteroatoms. The minimum Gasteiger partial charge on any atom is -0.485 e. The van der Waals surface area contributed by atoms with Crippen molar-refractivity contribution in [2.75, 3.05) is 0 Å². The number of Topliss-reactive ketones (excluding diaryl/α,β-unsaturated/α-hetero) is 1. The van der Waals surface area contributed by atoms with Crippen LogP contribution in [0.5, 0.6) is 5.75 Å². The molecular formula is C15H11KO2S. The predicted molar refractivity (Wildman–Crippen MR) is 72.2 cm³/mol. The van der Waals surface area contributed by atoms with Crippen molar-refractivity contribution in [1.29, 1.82) is 0 Å². The summed E-state index contributed by atoms with van der Waals surface area (Å²) in [6.07, 6.45) is -0.342. The molecule has 0 aromatic heterocycles. The first-order valence-electron chi connectivity index (χ1n) is 5.71. The van der Waals surface area contributed by atoms with E-state index in [1.165, 1.54) is 0 Å². The van der Waals surface area contributed by atoms with Crippen LogP contribution < -0.4 is 56.1 Å². The Morgan fingerprint density at radius 1 is 1.11 bits per heavy atom. The van der Waals surface area contributed by atoms with Gasteiger partial charge >= 0.3 is 51.4 Å². The molecule has 3 rings (SSSR count). The van der Waals surface area contributed by atoms with Gasteiger partial charge in [-0.05, 0) is 12.1 Å². The molecule has 2 aromatic carbocycles. The number of carbonyl (C=O) groups excluding carboxylic acids is 1. The smallest absolute Gasteiger partial charge is 0.485 e.